The fraction of sp³-hybridized carbons (Fsp3) is 0.400. The summed E-state index contributed by atoms with van der Waals surface area (Å²) >= 11 is 0. The van der Waals surface area contributed by atoms with Crippen molar-refractivity contribution in [1.29, 1.82) is 0 Å². The maximum absolute atomic E-state index is 11.9. The molecule has 9 heteroatoms. The van der Waals surface area contributed by atoms with Crippen LogP contribution in [0.25, 0.3) is 0 Å². The molecule has 0 fully saturated rings. The van der Waals surface area contributed by atoms with Gasteiger partial charge in [0.05, 0.1) is 23.8 Å². The van der Waals surface area contributed by atoms with Gasteiger partial charge in [-0.1, -0.05) is 0 Å². The highest BCUT2D eigenvalue weighted by Gasteiger charge is 2.28. The maximum Gasteiger partial charge on any atom is 0.358 e. The standard InChI is InChI=1S/C10H17NO6P2/c1-3-16-18(12,13)9-5-8(11)6-10(7-9)19(14,15)17-4-2/h5-7H,3-4,11H2,1-2H3,(H,12,13)(H,14,15). The van der Waals surface area contributed by atoms with Gasteiger partial charge in [0.2, 0.25) is 0 Å². The monoisotopic (exact) mass is 309 g/mol. The summed E-state index contributed by atoms with van der Waals surface area (Å²) in [4.78, 5) is 19.4. The van der Waals surface area contributed by atoms with E-state index in [9.17, 15) is 18.9 Å². The fourth-order valence-corrected chi connectivity index (χ4v) is 3.77. The largest absolute Gasteiger partial charge is 0.399 e. The van der Waals surface area contributed by atoms with Gasteiger partial charge in [-0.05, 0) is 32.0 Å². The van der Waals surface area contributed by atoms with E-state index in [2.05, 4.69) is 0 Å². The Hall–Kier alpha value is -0.680. The molecule has 0 radical (unpaired) electrons. The van der Waals surface area contributed by atoms with E-state index in [1.54, 1.807) is 13.8 Å². The van der Waals surface area contributed by atoms with Crippen molar-refractivity contribution in [3.8, 4) is 0 Å². The summed E-state index contributed by atoms with van der Waals surface area (Å²) < 4.78 is 33.2. The first-order valence-corrected chi connectivity index (χ1v) is 8.74. The van der Waals surface area contributed by atoms with Gasteiger partial charge in [0.15, 0.2) is 0 Å². The van der Waals surface area contributed by atoms with Gasteiger partial charge in [0, 0.05) is 5.69 Å². The van der Waals surface area contributed by atoms with Crippen molar-refractivity contribution < 1.29 is 28.0 Å². The Kier molecular flexibility index (Phi) is 5.33. The van der Waals surface area contributed by atoms with Crippen LogP contribution in [-0.2, 0) is 18.2 Å². The molecule has 1 rings (SSSR count). The first-order valence-electron chi connectivity index (χ1n) is 5.59. The van der Waals surface area contributed by atoms with E-state index in [1.807, 2.05) is 0 Å². The first kappa shape index (κ1) is 16.4. The van der Waals surface area contributed by atoms with Gasteiger partial charge in [-0.2, -0.15) is 0 Å². The molecule has 0 aliphatic rings. The smallest absolute Gasteiger partial charge is 0.358 e. The van der Waals surface area contributed by atoms with Crippen LogP contribution in [0.4, 0.5) is 5.69 Å². The molecule has 0 saturated carbocycles. The molecule has 0 bridgehead atoms. The second-order valence-corrected chi connectivity index (χ2v) is 7.29. The Morgan fingerprint density at radius 2 is 1.37 bits per heavy atom. The Bertz CT molecular complexity index is 503. The molecule has 108 valence electrons. The molecule has 1 aromatic rings. The van der Waals surface area contributed by atoms with E-state index in [1.165, 1.54) is 12.1 Å². The topological polar surface area (TPSA) is 119 Å². The number of hydrogen-bond donors (Lipinski definition) is 3. The summed E-state index contributed by atoms with van der Waals surface area (Å²) in [6.07, 6.45) is 0. The van der Waals surface area contributed by atoms with E-state index in [4.69, 9.17) is 14.8 Å². The number of anilines is 1. The number of rotatable bonds is 6. The highest BCUT2D eigenvalue weighted by molar-refractivity contribution is 7.62. The lowest BCUT2D eigenvalue weighted by molar-refractivity contribution is 0.284. The van der Waals surface area contributed by atoms with E-state index < -0.39 is 15.2 Å². The normalized spacial score (nSPS) is 17.7. The Morgan fingerprint density at radius 1 is 1.00 bits per heavy atom. The highest BCUT2D eigenvalue weighted by atomic mass is 31.2. The number of hydrogen-bond acceptors (Lipinski definition) is 5. The van der Waals surface area contributed by atoms with Gasteiger partial charge in [-0.15, -0.1) is 0 Å². The van der Waals surface area contributed by atoms with Crippen LogP contribution in [0, 0.1) is 0 Å². The van der Waals surface area contributed by atoms with Gasteiger partial charge in [-0.25, -0.2) is 0 Å². The minimum absolute atomic E-state index is 0.0279. The van der Waals surface area contributed by atoms with Crippen molar-refractivity contribution in [2.45, 2.75) is 13.8 Å². The molecule has 0 aliphatic carbocycles. The fourth-order valence-electron chi connectivity index (χ4n) is 1.44. The van der Waals surface area contributed by atoms with Gasteiger partial charge < -0.3 is 24.6 Å². The molecule has 19 heavy (non-hydrogen) atoms. The average molecular weight is 309 g/mol. The SMILES string of the molecule is CCOP(=O)(O)c1cc(N)cc(P(=O)(O)OCC)c1. The van der Waals surface area contributed by atoms with Crippen LogP contribution in [0.2, 0.25) is 0 Å². The van der Waals surface area contributed by atoms with Crippen molar-refractivity contribution in [1.82, 2.24) is 0 Å². The molecule has 0 aliphatic heterocycles. The molecular formula is C10H17NO6P2. The first-order chi connectivity index (χ1) is 8.73. The third-order valence-corrected chi connectivity index (χ3v) is 5.22. The molecular weight excluding hydrogens is 292 g/mol. The van der Waals surface area contributed by atoms with Crippen LogP contribution in [0.5, 0.6) is 0 Å². The predicted octanol–water partition coefficient (Wildman–Crippen LogP) is 0.963. The molecule has 2 atom stereocenters. The van der Waals surface area contributed by atoms with Crippen molar-refractivity contribution >= 4 is 31.5 Å². The van der Waals surface area contributed by atoms with Crippen molar-refractivity contribution in [2.24, 2.45) is 0 Å². The lowest BCUT2D eigenvalue weighted by Crippen LogP contribution is -2.17. The van der Waals surface area contributed by atoms with Crippen LogP contribution in [-0.4, -0.2) is 23.0 Å². The summed E-state index contributed by atoms with van der Waals surface area (Å²) in [5, 5.41) is -0.281. The lowest BCUT2D eigenvalue weighted by Gasteiger charge is -2.15. The minimum Gasteiger partial charge on any atom is -0.399 e. The molecule has 0 spiro atoms. The van der Waals surface area contributed by atoms with Gasteiger partial charge >= 0.3 is 15.2 Å². The minimum atomic E-state index is -4.06. The van der Waals surface area contributed by atoms with Gasteiger partial charge in [0.25, 0.3) is 0 Å². The molecule has 0 saturated heterocycles. The Balaban J connectivity index is 3.29. The second-order valence-electron chi connectivity index (χ2n) is 3.66. The summed E-state index contributed by atoms with van der Waals surface area (Å²) in [6, 6.07) is 3.56. The van der Waals surface area contributed by atoms with Gasteiger partial charge in [-0.3, -0.25) is 9.13 Å². The molecule has 0 amide bonds. The van der Waals surface area contributed by atoms with Crippen molar-refractivity contribution in [2.75, 3.05) is 18.9 Å². The quantitative estimate of drug-likeness (QED) is 0.529. The molecule has 0 aromatic heterocycles. The highest BCUT2D eigenvalue weighted by Crippen LogP contribution is 2.44. The van der Waals surface area contributed by atoms with Crippen LogP contribution in [0.15, 0.2) is 18.2 Å². The molecule has 7 nitrogen and oxygen atoms in total. The summed E-state index contributed by atoms with van der Waals surface area (Å²) in [7, 11) is -8.11. The van der Waals surface area contributed by atoms with E-state index in [0.717, 1.165) is 6.07 Å². The third-order valence-electron chi connectivity index (χ3n) is 2.19. The summed E-state index contributed by atoms with van der Waals surface area (Å²) in [5.41, 5.74) is 5.65. The molecule has 0 heterocycles. The number of benzene rings is 1. The zero-order chi connectivity index (χ0) is 14.7. The number of nitrogen functional groups attached to an aromatic ring is 1. The van der Waals surface area contributed by atoms with E-state index in [0.29, 0.717) is 0 Å². The van der Waals surface area contributed by atoms with Gasteiger partial charge in [0.1, 0.15) is 0 Å². The van der Waals surface area contributed by atoms with Crippen LogP contribution in [0.1, 0.15) is 13.8 Å². The lowest BCUT2D eigenvalue weighted by atomic mass is 10.3. The predicted molar refractivity (Wildman–Crippen MR) is 73.0 cm³/mol. The van der Waals surface area contributed by atoms with Crippen LogP contribution < -0.4 is 16.3 Å². The summed E-state index contributed by atoms with van der Waals surface area (Å²) in [5.74, 6) is 0. The Labute approximate surface area is 111 Å². The Morgan fingerprint density at radius 3 is 1.68 bits per heavy atom. The zero-order valence-corrected chi connectivity index (χ0v) is 12.4. The van der Waals surface area contributed by atoms with Crippen LogP contribution >= 0.6 is 15.2 Å². The summed E-state index contributed by atoms with van der Waals surface area (Å²) in [6.45, 7) is 3.18. The van der Waals surface area contributed by atoms with Crippen molar-refractivity contribution in [3.05, 3.63) is 18.2 Å². The van der Waals surface area contributed by atoms with Crippen molar-refractivity contribution in [3.63, 3.8) is 0 Å². The third kappa shape index (κ3) is 4.14. The van der Waals surface area contributed by atoms with E-state index >= 15 is 0 Å². The van der Waals surface area contributed by atoms with E-state index in [-0.39, 0.29) is 29.5 Å². The maximum atomic E-state index is 11.9. The second kappa shape index (κ2) is 6.18. The average Bonchev–Trinajstić information content (AvgIpc) is 2.28. The molecule has 1 aromatic carbocycles. The zero-order valence-electron chi connectivity index (χ0n) is 10.6. The van der Waals surface area contributed by atoms with Crippen LogP contribution in [0.3, 0.4) is 0 Å². The molecule has 4 N–H and O–H groups in total. The number of nitrogens with two attached hydrogens (primary N) is 1. The molecule has 2 unspecified atom stereocenters.